The molecular formula is C23H32O5. The maximum atomic E-state index is 12.7. The summed E-state index contributed by atoms with van der Waals surface area (Å²) in [6.45, 7) is 7.33. The summed E-state index contributed by atoms with van der Waals surface area (Å²) in [4.78, 5) is 36.6. The van der Waals surface area contributed by atoms with Crippen molar-refractivity contribution in [1.29, 1.82) is 0 Å². The van der Waals surface area contributed by atoms with Crippen molar-refractivity contribution in [2.75, 3.05) is 0 Å². The maximum absolute atomic E-state index is 12.7. The summed E-state index contributed by atoms with van der Waals surface area (Å²) in [6.07, 6.45) is 6.44. The van der Waals surface area contributed by atoms with Gasteiger partial charge in [-0.05, 0) is 81.1 Å². The number of hydrogen-bond acceptors (Lipinski definition) is 5. The predicted molar refractivity (Wildman–Crippen MR) is 103 cm³/mol. The van der Waals surface area contributed by atoms with Crippen molar-refractivity contribution in [3.05, 3.63) is 11.6 Å². The molecule has 5 heteroatoms. The summed E-state index contributed by atoms with van der Waals surface area (Å²) < 4.78 is 5.79. The van der Waals surface area contributed by atoms with Crippen molar-refractivity contribution < 1.29 is 24.2 Å². The molecule has 1 unspecified atom stereocenters. The molecule has 28 heavy (non-hydrogen) atoms. The zero-order valence-corrected chi connectivity index (χ0v) is 17.4. The van der Waals surface area contributed by atoms with E-state index in [9.17, 15) is 19.5 Å². The third-order valence-electron chi connectivity index (χ3n) is 9.00. The fourth-order valence-electron chi connectivity index (χ4n) is 7.68. The molecule has 0 radical (unpaired) electrons. The van der Waals surface area contributed by atoms with Crippen molar-refractivity contribution in [3.8, 4) is 0 Å². The van der Waals surface area contributed by atoms with Crippen LogP contribution >= 0.6 is 0 Å². The zero-order valence-electron chi connectivity index (χ0n) is 17.4. The molecule has 3 saturated carbocycles. The van der Waals surface area contributed by atoms with Gasteiger partial charge in [-0.3, -0.25) is 14.4 Å². The average molecular weight is 389 g/mol. The van der Waals surface area contributed by atoms with Crippen LogP contribution in [0.25, 0.3) is 0 Å². The summed E-state index contributed by atoms with van der Waals surface area (Å²) in [5.41, 5.74) is -0.302. The largest absolute Gasteiger partial charge is 0.451 e. The van der Waals surface area contributed by atoms with E-state index in [1.807, 2.05) is 0 Å². The first-order valence-electron chi connectivity index (χ1n) is 10.7. The molecule has 0 aliphatic heterocycles. The SMILES string of the molecule is CC(=O)O[C@@]1(C(C)=O)CC[C@H]2[C@@H]3CCC4=CC(=O)C(O)C[C@]4(C)[C@H]3CC[C@@]21C. The predicted octanol–water partition coefficient (Wildman–Crippen LogP) is 3.38. The Morgan fingerprint density at radius 1 is 1.11 bits per heavy atom. The van der Waals surface area contributed by atoms with E-state index in [0.717, 1.165) is 32.1 Å². The molecule has 0 spiro atoms. The molecule has 3 fully saturated rings. The van der Waals surface area contributed by atoms with E-state index in [1.54, 1.807) is 13.0 Å². The number of hydrogen-bond donors (Lipinski definition) is 1. The van der Waals surface area contributed by atoms with Gasteiger partial charge >= 0.3 is 5.97 Å². The smallest absolute Gasteiger partial charge is 0.303 e. The van der Waals surface area contributed by atoms with Gasteiger partial charge in [0.15, 0.2) is 17.2 Å². The molecule has 0 aromatic heterocycles. The molecule has 5 nitrogen and oxygen atoms in total. The van der Waals surface area contributed by atoms with Crippen LogP contribution in [0.4, 0.5) is 0 Å². The molecule has 0 heterocycles. The quantitative estimate of drug-likeness (QED) is 0.734. The minimum Gasteiger partial charge on any atom is -0.451 e. The van der Waals surface area contributed by atoms with E-state index >= 15 is 0 Å². The number of ether oxygens (including phenoxy) is 1. The van der Waals surface area contributed by atoms with E-state index < -0.39 is 11.7 Å². The number of carbonyl (C=O) groups excluding carboxylic acids is 3. The lowest BCUT2D eigenvalue weighted by molar-refractivity contribution is -0.187. The second kappa shape index (κ2) is 6.25. The molecule has 4 aliphatic carbocycles. The van der Waals surface area contributed by atoms with Gasteiger partial charge in [-0.25, -0.2) is 0 Å². The minimum absolute atomic E-state index is 0.0348. The third kappa shape index (κ3) is 2.44. The normalized spacial score (nSPS) is 47.5. The van der Waals surface area contributed by atoms with Gasteiger partial charge in [0.25, 0.3) is 0 Å². The highest BCUT2D eigenvalue weighted by Gasteiger charge is 2.67. The van der Waals surface area contributed by atoms with E-state index in [-0.39, 0.29) is 28.4 Å². The summed E-state index contributed by atoms with van der Waals surface area (Å²) in [5.74, 6) is 0.577. The second-order valence-corrected chi connectivity index (χ2v) is 10.1. The number of ketones is 2. The van der Waals surface area contributed by atoms with Gasteiger partial charge in [0.05, 0.1) is 0 Å². The van der Waals surface area contributed by atoms with Gasteiger partial charge in [-0.15, -0.1) is 0 Å². The van der Waals surface area contributed by atoms with Crippen LogP contribution in [0.15, 0.2) is 11.6 Å². The highest BCUT2D eigenvalue weighted by Crippen LogP contribution is 2.68. The lowest BCUT2D eigenvalue weighted by Gasteiger charge is -2.59. The molecule has 0 aromatic rings. The van der Waals surface area contributed by atoms with E-state index in [0.29, 0.717) is 30.6 Å². The number of Topliss-reactive ketones (excluding diaryl/α,β-unsaturated/α-hetero) is 1. The lowest BCUT2D eigenvalue weighted by atomic mass is 9.46. The highest BCUT2D eigenvalue weighted by molar-refractivity contribution is 5.95. The Kier molecular flexibility index (Phi) is 4.42. The third-order valence-corrected chi connectivity index (χ3v) is 9.00. The monoisotopic (exact) mass is 388 g/mol. The maximum Gasteiger partial charge on any atom is 0.303 e. The minimum atomic E-state index is -1.01. The van der Waals surface area contributed by atoms with E-state index in [1.165, 1.54) is 12.5 Å². The Hall–Kier alpha value is -1.49. The number of fused-ring (bicyclic) bond motifs is 5. The Morgan fingerprint density at radius 3 is 2.43 bits per heavy atom. The van der Waals surface area contributed by atoms with Gasteiger partial charge in [-0.2, -0.15) is 0 Å². The van der Waals surface area contributed by atoms with Crippen LogP contribution in [-0.4, -0.2) is 34.3 Å². The van der Waals surface area contributed by atoms with E-state index in [4.69, 9.17) is 4.74 Å². The van der Waals surface area contributed by atoms with Crippen LogP contribution in [0.2, 0.25) is 0 Å². The summed E-state index contributed by atoms with van der Waals surface area (Å²) in [6, 6.07) is 0. The molecule has 4 aliphatic rings. The average Bonchev–Trinajstić information content (AvgIpc) is 2.89. The van der Waals surface area contributed by atoms with Crippen molar-refractivity contribution in [1.82, 2.24) is 0 Å². The highest BCUT2D eigenvalue weighted by atomic mass is 16.6. The van der Waals surface area contributed by atoms with Gasteiger partial charge < -0.3 is 9.84 Å². The van der Waals surface area contributed by atoms with Crippen LogP contribution in [0, 0.1) is 28.6 Å². The van der Waals surface area contributed by atoms with Gasteiger partial charge in [0, 0.05) is 12.3 Å². The first-order valence-corrected chi connectivity index (χ1v) is 10.7. The van der Waals surface area contributed by atoms with Crippen molar-refractivity contribution in [2.24, 2.45) is 28.6 Å². The topological polar surface area (TPSA) is 80.7 Å². The molecule has 7 atom stereocenters. The molecular weight excluding hydrogens is 356 g/mol. The molecule has 0 aromatic carbocycles. The summed E-state index contributed by atoms with van der Waals surface area (Å²) >= 11 is 0. The van der Waals surface area contributed by atoms with Gasteiger partial charge in [0.1, 0.15) is 6.10 Å². The fraction of sp³-hybridized carbons (Fsp3) is 0.783. The van der Waals surface area contributed by atoms with Crippen LogP contribution in [0.1, 0.15) is 72.6 Å². The Labute approximate surface area is 166 Å². The second-order valence-electron chi connectivity index (χ2n) is 10.1. The summed E-state index contributed by atoms with van der Waals surface area (Å²) in [7, 11) is 0. The number of carbonyl (C=O) groups is 3. The molecule has 0 bridgehead atoms. The number of aliphatic hydroxyl groups is 1. The number of esters is 1. The molecule has 154 valence electrons. The Balaban J connectivity index is 1.71. The number of rotatable bonds is 2. The van der Waals surface area contributed by atoms with Crippen LogP contribution < -0.4 is 0 Å². The van der Waals surface area contributed by atoms with Crippen LogP contribution in [-0.2, 0) is 19.1 Å². The van der Waals surface area contributed by atoms with E-state index in [2.05, 4.69) is 13.8 Å². The van der Waals surface area contributed by atoms with Crippen LogP contribution in [0.5, 0.6) is 0 Å². The Bertz CT molecular complexity index is 769. The van der Waals surface area contributed by atoms with Gasteiger partial charge in [0.2, 0.25) is 0 Å². The molecule has 1 N–H and O–H groups in total. The van der Waals surface area contributed by atoms with Crippen molar-refractivity contribution >= 4 is 17.5 Å². The summed E-state index contributed by atoms with van der Waals surface area (Å²) in [5, 5.41) is 10.3. The lowest BCUT2D eigenvalue weighted by Crippen LogP contribution is -2.59. The van der Waals surface area contributed by atoms with Crippen LogP contribution in [0.3, 0.4) is 0 Å². The molecule has 0 amide bonds. The zero-order chi connectivity index (χ0) is 20.5. The first-order chi connectivity index (χ1) is 13.0. The Morgan fingerprint density at radius 2 is 1.79 bits per heavy atom. The molecule has 0 saturated heterocycles. The standard InChI is InChI=1S/C23H32O5/c1-13(24)23(28-14(2)25)10-8-18-16-6-5-15-11-19(26)20(27)12-21(15,3)17(16)7-9-22(18,23)4/h11,16-18,20,27H,5-10,12H2,1-4H3/t16-,17+,18+,20?,21+,22+,23-/m1/s1. The number of aliphatic hydroxyl groups excluding tert-OH is 1. The first kappa shape index (κ1) is 19.8. The molecule has 4 rings (SSSR count). The number of allylic oxidation sites excluding steroid dienone is 1. The fourth-order valence-corrected chi connectivity index (χ4v) is 7.68. The van der Waals surface area contributed by atoms with Crippen molar-refractivity contribution in [3.63, 3.8) is 0 Å². The van der Waals surface area contributed by atoms with Gasteiger partial charge in [-0.1, -0.05) is 19.4 Å². The van der Waals surface area contributed by atoms with Crippen molar-refractivity contribution in [2.45, 2.75) is 84.3 Å².